The topological polar surface area (TPSA) is 54.3 Å². The predicted octanol–water partition coefficient (Wildman–Crippen LogP) is 2.53. The van der Waals surface area contributed by atoms with E-state index >= 15 is 0 Å². The second-order valence-electron chi connectivity index (χ2n) is 8.09. The van der Waals surface area contributed by atoms with E-state index in [1.807, 2.05) is 30.3 Å². The zero-order chi connectivity index (χ0) is 18.6. The summed E-state index contributed by atoms with van der Waals surface area (Å²) in [5.41, 5.74) is 1.18. The molecule has 1 unspecified atom stereocenters. The Balaban J connectivity index is 1.33. The third kappa shape index (κ3) is 4.75. The number of carbonyl (C=O) groups excluding carboxylic acids is 1. The third-order valence-electron chi connectivity index (χ3n) is 5.65. The zero-order valence-corrected chi connectivity index (χ0v) is 16.1. The number of pyridine rings is 1. The molecule has 1 saturated carbocycles. The van der Waals surface area contributed by atoms with Gasteiger partial charge in [0.2, 0.25) is 5.91 Å². The summed E-state index contributed by atoms with van der Waals surface area (Å²) in [5.74, 6) is 2.59. The van der Waals surface area contributed by atoms with Crippen molar-refractivity contribution in [2.45, 2.75) is 44.7 Å². The standard InChI is InChI=1S/C21H29N5O/c1-24(13-18-6-8-22-9-7-18)16-20(27)25-11-2-3-19(15-25)21-23-10-12-26(21)14-17-4-5-17/h6-10,12,17,19H,2-5,11,13-16H2,1H3. The Morgan fingerprint density at radius 3 is 2.81 bits per heavy atom. The molecule has 0 radical (unpaired) electrons. The van der Waals surface area contributed by atoms with Crippen LogP contribution in [0.3, 0.4) is 0 Å². The maximum atomic E-state index is 12.8. The van der Waals surface area contributed by atoms with Crippen LogP contribution in [0.5, 0.6) is 0 Å². The molecule has 6 nitrogen and oxygen atoms in total. The molecule has 2 aliphatic rings. The van der Waals surface area contributed by atoms with Crippen LogP contribution in [0.2, 0.25) is 0 Å². The quantitative estimate of drug-likeness (QED) is 0.755. The van der Waals surface area contributed by atoms with Gasteiger partial charge in [0.05, 0.1) is 6.54 Å². The summed E-state index contributed by atoms with van der Waals surface area (Å²) in [6.45, 7) is 3.96. The Bertz CT molecular complexity index is 755. The van der Waals surface area contributed by atoms with Crippen molar-refractivity contribution < 1.29 is 4.79 Å². The van der Waals surface area contributed by atoms with Crippen LogP contribution in [-0.2, 0) is 17.9 Å². The van der Waals surface area contributed by atoms with Gasteiger partial charge in [0, 0.05) is 56.9 Å². The van der Waals surface area contributed by atoms with Crippen molar-refractivity contribution >= 4 is 5.91 Å². The van der Waals surface area contributed by atoms with Gasteiger partial charge >= 0.3 is 0 Å². The van der Waals surface area contributed by atoms with Gasteiger partial charge in [-0.3, -0.25) is 14.7 Å². The molecule has 0 spiro atoms. The summed E-state index contributed by atoms with van der Waals surface area (Å²) in [7, 11) is 2.00. The molecule has 3 heterocycles. The summed E-state index contributed by atoms with van der Waals surface area (Å²) < 4.78 is 2.33. The van der Waals surface area contributed by atoms with E-state index < -0.39 is 0 Å². The normalized spacial score (nSPS) is 20.2. The number of likely N-dealkylation sites (N-methyl/N-ethyl adjacent to an activating group) is 1. The largest absolute Gasteiger partial charge is 0.341 e. The van der Waals surface area contributed by atoms with E-state index in [1.165, 1.54) is 24.2 Å². The van der Waals surface area contributed by atoms with Crippen molar-refractivity contribution in [1.82, 2.24) is 24.3 Å². The molecule has 27 heavy (non-hydrogen) atoms. The number of piperidine rings is 1. The number of hydrogen-bond donors (Lipinski definition) is 0. The maximum absolute atomic E-state index is 12.8. The van der Waals surface area contributed by atoms with E-state index in [0.717, 1.165) is 44.9 Å². The van der Waals surface area contributed by atoms with Crippen LogP contribution in [0.4, 0.5) is 0 Å². The molecule has 2 fully saturated rings. The lowest BCUT2D eigenvalue weighted by molar-refractivity contribution is -0.133. The van der Waals surface area contributed by atoms with E-state index in [-0.39, 0.29) is 5.91 Å². The molecule has 1 aliphatic heterocycles. The molecule has 144 valence electrons. The van der Waals surface area contributed by atoms with Gasteiger partial charge in [-0.25, -0.2) is 4.98 Å². The van der Waals surface area contributed by atoms with Crippen LogP contribution < -0.4 is 0 Å². The minimum Gasteiger partial charge on any atom is -0.341 e. The minimum atomic E-state index is 0.219. The van der Waals surface area contributed by atoms with Crippen LogP contribution in [0, 0.1) is 5.92 Å². The fourth-order valence-corrected chi connectivity index (χ4v) is 4.01. The molecule has 0 bridgehead atoms. The van der Waals surface area contributed by atoms with Crippen molar-refractivity contribution in [1.29, 1.82) is 0 Å². The molecule has 4 rings (SSSR count). The van der Waals surface area contributed by atoms with Gasteiger partial charge in [0.1, 0.15) is 5.82 Å². The van der Waals surface area contributed by atoms with Crippen molar-refractivity contribution in [3.05, 3.63) is 48.3 Å². The first-order valence-electron chi connectivity index (χ1n) is 10.1. The lowest BCUT2D eigenvalue weighted by atomic mass is 9.97. The first-order valence-corrected chi connectivity index (χ1v) is 10.1. The molecular formula is C21H29N5O. The summed E-state index contributed by atoms with van der Waals surface area (Å²) in [5, 5.41) is 0. The van der Waals surface area contributed by atoms with E-state index in [2.05, 4.69) is 25.6 Å². The molecule has 2 aromatic heterocycles. The first kappa shape index (κ1) is 18.2. The molecule has 1 amide bonds. The second-order valence-corrected chi connectivity index (χ2v) is 8.09. The molecule has 6 heteroatoms. The van der Waals surface area contributed by atoms with Crippen molar-refractivity contribution in [3.8, 4) is 0 Å². The second kappa shape index (κ2) is 8.21. The molecule has 0 aromatic carbocycles. The Labute approximate surface area is 161 Å². The van der Waals surface area contributed by atoms with Gasteiger partial charge in [0.25, 0.3) is 0 Å². The van der Waals surface area contributed by atoms with Crippen LogP contribution in [-0.4, -0.2) is 56.9 Å². The Morgan fingerprint density at radius 1 is 1.22 bits per heavy atom. The average Bonchev–Trinajstić information content (AvgIpc) is 3.37. The summed E-state index contributed by atoms with van der Waals surface area (Å²) in [6, 6.07) is 4.00. The highest BCUT2D eigenvalue weighted by Gasteiger charge is 2.29. The lowest BCUT2D eigenvalue weighted by Crippen LogP contribution is -2.44. The van der Waals surface area contributed by atoms with Gasteiger partial charge in [0.15, 0.2) is 0 Å². The van der Waals surface area contributed by atoms with Gasteiger partial charge in [-0.2, -0.15) is 0 Å². The Hall–Kier alpha value is -2.21. The zero-order valence-electron chi connectivity index (χ0n) is 16.1. The van der Waals surface area contributed by atoms with E-state index in [4.69, 9.17) is 0 Å². The highest BCUT2D eigenvalue weighted by molar-refractivity contribution is 5.78. The third-order valence-corrected chi connectivity index (χ3v) is 5.65. The van der Waals surface area contributed by atoms with E-state index in [1.54, 1.807) is 12.4 Å². The number of hydrogen-bond acceptors (Lipinski definition) is 4. The van der Waals surface area contributed by atoms with Crippen molar-refractivity contribution in [2.75, 3.05) is 26.7 Å². The number of nitrogens with zero attached hydrogens (tertiary/aromatic N) is 5. The van der Waals surface area contributed by atoms with Crippen LogP contribution in [0.1, 0.15) is 43.0 Å². The SMILES string of the molecule is CN(CC(=O)N1CCCC(c2nccn2CC2CC2)C1)Cc1ccncc1. The number of rotatable bonds is 7. The highest BCUT2D eigenvalue weighted by Crippen LogP contribution is 2.33. The molecule has 2 aromatic rings. The van der Waals surface area contributed by atoms with Crippen LogP contribution in [0.25, 0.3) is 0 Å². The number of likely N-dealkylation sites (tertiary alicyclic amines) is 1. The highest BCUT2D eigenvalue weighted by atomic mass is 16.2. The molecule has 1 aliphatic carbocycles. The molecule has 1 saturated heterocycles. The predicted molar refractivity (Wildman–Crippen MR) is 104 cm³/mol. The van der Waals surface area contributed by atoms with Gasteiger partial charge in [-0.05, 0) is 56.3 Å². The van der Waals surface area contributed by atoms with E-state index in [0.29, 0.717) is 12.5 Å². The Morgan fingerprint density at radius 2 is 2.04 bits per heavy atom. The Kier molecular flexibility index (Phi) is 5.53. The number of carbonyl (C=O) groups is 1. The minimum absolute atomic E-state index is 0.219. The monoisotopic (exact) mass is 367 g/mol. The molecule has 0 N–H and O–H groups in total. The summed E-state index contributed by atoms with van der Waals surface area (Å²) in [6.07, 6.45) is 12.5. The average molecular weight is 367 g/mol. The van der Waals surface area contributed by atoms with Crippen molar-refractivity contribution in [3.63, 3.8) is 0 Å². The fourth-order valence-electron chi connectivity index (χ4n) is 4.01. The van der Waals surface area contributed by atoms with Gasteiger partial charge < -0.3 is 9.47 Å². The maximum Gasteiger partial charge on any atom is 0.236 e. The smallest absolute Gasteiger partial charge is 0.236 e. The van der Waals surface area contributed by atoms with Crippen LogP contribution >= 0.6 is 0 Å². The van der Waals surface area contributed by atoms with Crippen LogP contribution in [0.15, 0.2) is 36.9 Å². The summed E-state index contributed by atoms with van der Waals surface area (Å²) in [4.78, 5) is 25.6. The van der Waals surface area contributed by atoms with Crippen molar-refractivity contribution in [2.24, 2.45) is 5.92 Å². The molecule has 1 atom stereocenters. The lowest BCUT2D eigenvalue weighted by Gasteiger charge is -2.33. The van der Waals surface area contributed by atoms with E-state index in [9.17, 15) is 4.79 Å². The number of aromatic nitrogens is 3. The first-order chi connectivity index (χ1) is 13.2. The van der Waals surface area contributed by atoms with Gasteiger partial charge in [-0.15, -0.1) is 0 Å². The summed E-state index contributed by atoms with van der Waals surface area (Å²) >= 11 is 0. The fraction of sp³-hybridized carbons (Fsp3) is 0.571. The molecular weight excluding hydrogens is 338 g/mol. The van der Waals surface area contributed by atoms with Gasteiger partial charge in [-0.1, -0.05) is 0 Å². The number of imidazole rings is 1. The number of amides is 1.